The number of nitrogens with one attached hydrogen (secondary N) is 1. The summed E-state index contributed by atoms with van der Waals surface area (Å²) in [4.78, 5) is 1.80. The molecule has 1 aromatic carbocycles. The Kier molecular flexibility index (Phi) is 4.15. The molecule has 2 aromatic heterocycles. The van der Waals surface area contributed by atoms with E-state index in [9.17, 15) is 17.6 Å². The topological polar surface area (TPSA) is 45.5 Å². The summed E-state index contributed by atoms with van der Waals surface area (Å²) in [5.41, 5.74) is -0.546. The number of hydrogen-bond acceptors (Lipinski definition) is 4. The van der Waals surface area contributed by atoms with Gasteiger partial charge in [0.1, 0.15) is 17.2 Å². The molecule has 0 amide bonds. The molecule has 0 bridgehead atoms. The number of para-hydroxylation sites is 1. The first-order chi connectivity index (χ1) is 13.9. The predicted octanol–water partition coefficient (Wildman–Crippen LogP) is 4.14. The zero-order valence-electron chi connectivity index (χ0n) is 15.5. The van der Waals surface area contributed by atoms with E-state index in [1.807, 2.05) is 0 Å². The molecule has 2 fully saturated rings. The summed E-state index contributed by atoms with van der Waals surface area (Å²) in [5, 5.41) is 10.8. The van der Waals surface area contributed by atoms with Crippen LogP contribution in [0.1, 0.15) is 24.2 Å². The Morgan fingerprint density at radius 1 is 1.07 bits per heavy atom. The summed E-state index contributed by atoms with van der Waals surface area (Å²) < 4.78 is 56.9. The molecule has 3 aromatic rings. The second-order valence-corrected chi connectivity index (χ2v) is 7.76. The van der Waals surface area contributed by atoms with Crippen LogP contribution in [-0.2, 0) is 12.6 Å². The SMILES string of the molecule is Fc1ccccc1N1CC(Nc2ccn3c(CC4CC4)nnc3c2C(F)(F)F)C1. The maximum Gasteiger partial charge on any atom is 0.422 e. The van der Waals surface area contributed by atoms with Crippen molar-refractivity contribution in [2.45, 2.75) is 31.5 Å². The first-order valence-electron chi connectivity index (χ1n) is 9.60. The van der Waals surface area contributed by atoms with Crippen LogP contribution in [0.15, 0.2) is 36.5 Å². The van der Waals surface area contributed by atoms with Crippen molar-refractivity contribution in [1.82, 2.24) is 14.6 Å². The number of hydrogen-bond donors (Lipinski definition) is 1. The number of halogens is 4. The van der Waals surface area contributed by atoms with Gasteiger partial charge in [0.25, 0.3) is 0 Å². The van der Waals surface area contributed by atoms with E-state index < -0.39 is 11.7 Å². The van der Waals surface area contributed by atoms with Crippen LogP contribution in [0, 0.1) is 11.7 Å². The number of fused-ring (bicyclic) bond motifs is 1. The van der Waals surface area contributed by atoms with Crippen LogP contribution in [-0.4, -0.2) is 33.7 Å². The van der Waals surface area contributed by atoms with Crippen molar-refractivity contribution in [3.05, 3.63) is 53.7 Å². The highest BCUT2D eigenvalue weighted by Crippen LogP contribution is 2.39. The van der Waals surface area contributed by atoms with Gasteiger partial charge in [-0.25, -0.2) is 4.39 Å². The number of rotatable bonds is 5. The van der Waals surface area contributed by atoms with Gasteiger partial charge in [0, 0.05) is 25.7 Å². The van der Waals surface area contributed by atoms with Gasteiger partial charge >= 0.3 is 6.18 Å². The Hall–Kier alpha value is -2.84. The minimum absolute atomic E-state index is 0.0199. The van der Waals surface area contributed by atoms with Gasteiger partial charge in [0.15, 0.2) is 5.65 Å². The largest absolute Gasteiger partial charge is 0.422 e. The summed E-state index contributed by atoms with van der Waals surface area (Å²) in [7, 11) is 0. The van der Waals surface area contributed by atoms with E-state index in [0.717, 1.165) is 12.8 Å². The van der Waals surface area contributed by atoms with Gasteiger partial charge < -0.3 is 10.2 Å². The first kappa shape index (κ1) is 18.2. The summed E-state index contributed by atoms with van der Waals surface area (Å²) in [6, 6.07) is 7.59. The number of anilines is 2. The Bertz CT molecular complexity index is 1050. The van der Waals surface area contributed by atoms with E-state index in [0.29, 0.717) is 36.9 Å². The molecule has 3 heterocycles. The van der Waals surface area contributed by atoms with Crippen LogP contribution in [0.3, 0.4) is 0 Å². The standard InChI is InChI=1S/C20H19F4N5/c21-14-3-1-2-4-16(14)28-10-13(11-28)25-15-7-8-29-17(9-12-5-6-12)26-27-19(29)18(15)20(22,23)24/h1-4,7-8,12-13,25H,5-6,9-11H2. The number of nitrogens with zero attached hydrogens (tertiary/aromatic N) is 4. The van der Waals surface area contributed by atoms with Crippen molar-refractivity contribution >= 4 is 17.0 Å². The fraction of sp³-hybridized carbons (Fsp3) is 0.400. The van der Waals surface area contributed by atoms with Crippen molar-refractivity contribution < 1.29 is 17.6 Å². The zero-order valence-corrected chi connectivity index (χ0v) is 15.5. The molecule has 1 aliphatic carbocycles. The molecule has 1 saturated heterocycles. The first-order valence-corrected chi connectivity index (χ1v) is 9.60. The van der Waals surface area contributed by atoms with E-state index in [1.165, 1.54) is 16.5 Å². The molecule has 0 spiro atoms. The van der Waals surface area contributed by atoms with Gasteiger partial charge in [0.2, 0.25) is 0 Å². The van der Waals surface area contributed by atoms with Gasteiger partial charge in [-0.05, 0) is 37.0 Å². The second-order valence-electron chi connectivity index (χ2n) is 7.76. The van der Waals surface area contributed by atoms with Crippen LogP contribution >= 0.6 is 0 Å². The highest BCUT2D eigenvalue weighted by molar-refractivity contribution is 5.67. The lowest BCUT2D eigenvalue weighted by molar-refractivity contribution is -0.136. The minimum Gasteiger partial charge on any atom is -0.378 e. The Labute approximate surface area is 164 Å². The summed E-state index contributed by atoms with van der Waals surface area (Å²) >= 11 is 0. The van der Waals surface area contributed by atoms with E-state index in [4.69, 9.17) is 0 Å². The molecule has 5 nitrogen and oxygen atoms in total. The molecule has 0 radical (unpaired) electrons. The van der Waals surface area contributed by atoms with Crippen LogP contribution in [0.5, 0.6) is 0 Å². The number of pyridine rings is 1. The Morgan fingerprint density at radius 2 is 1.83 bits per heavy atom. The summed E-state index contributed by atoms with van der Waals surface area (Å²) in [5.74, 6) is 0.720. The molecule has 9 heteroatoms. The van der Waals surface area contributed by atoms with Crippen LogP contribution in [0.4, 0.5) is 28.9 Å². The predicted molar refractivity (Wildman–Crippen MR) is 100 cm³/mol. The Balaban J connectivity index is 1.39. The molecule has 1 saturated carbocycles. The van der Waals surface area contributed by atoms with E-state index in [2.05, 4.69) is 15.5 Å². The van der Waals surface area contributed by atoms with Gasteiger partial charge in [-0.2, -0.15) is 13.2 Å². The number of alkyl halides is 3. The third kappa shape index (κ3) is 3.38. The summed E-state index contributed by atoms with van der Waals surface area (Å²) in [6.07, 6.45) is -0.158. The van der Waals surface area contributed by atoms with Crippen molar-refractivity contribution in [1.29, 1.82) is 0 Å². The molecule has 0 atom stereocenters. The lowest BCUT2D eigenvalue weighted by Gasteiger charge is -2.42. The average Bonchev–Trinajstić information content (AvgIpc) is 3.36. The fourth-order valence-electron chi connectivity index (χ4n) is 3.82. The lowest BCUT2D eigenvalue weighted by atomic mass is 10.1. The molecule has 1 N–H and O–H groups in total. The maximum absolute atomic E-state index is 13.9. The maximum atomic E-state index is 13.9. The van der Waals surface area contributed by atoms with E-state index >= 15 is 0 Å². The third-order valence-electron chi connectivity index (χ3n) is 5.54. The highest BCUT2D eigenvalue weighted by atomic mass is 19.4. The molecule has 5 rings (SSSR count). The van der Waals surface area contributed by atoms with Crippen LogP contribution in [0.2, 0.25) is 0 Å². The normalized spacial score (nSPS) is 17.6. The van der Waals surface area contributed by atoms with Crippen LogP contribution in [0.25, 0.3) is 5.65 Å². The van der Waals surface area contributed by atoms with Crippen molar-refractivity contribution in [3.8, 4) is 0 Å². The minimum atomic E-state index is -4.57. The highest BCUT2D eigenvalue weighted by Gasteiger charge is 2.39. The molecule has 29 heavy (non-hydrogen) atoms. The van der Waals surface area contributed by atoms with Gasteiger partial charge in [-0.3, -0.25) is 4.40 Å². The van der Waals surface area contributed by atoms with Gasteiger partial charge in [-0.1, -0.05) is 12.1 Å². The van der Waals surface area contributed by atoms with Crippen molar-refractivity contribution in [2.24, 2.45) is 5.92 Å². The summed E-state index contributed by atoms with van der Waals surface area (Å²) in [6.45, 7) is 0.839. The monoisotopic (exact) mass is 405 g/mol. The van der Waals surface area contributed by atoms with Crippen molar-refractivity contribution in [2.75, 3.05) is 23.3 Å². The number of aromatic nitrogens is 3. The quantitative estimate of drug-likeness (QED) is 0.648. The smallest absolute Gasteiger partial charge is 0.378 e. The Morgan fingerprint density at radius 3 is 2.52 bits per heavy atom. The second kappa shape index (κ2) is 6.60. The van der Waals surface area contributed by atoms with Gasteiger partial charge in [0.05, 0.1) is 17.4 Å². The molecule has 0 unspecified atom stereocenters. The van der Waals surface area contributed by atoms with Crippen molar-refractivity contribution in [3.63, 3.8) is 0 Å². The number of benzene rings is 1. The van der Waals surface area contributed by atoms with Gasteiger partial charge in [-0.15, -0.1) is 10.2 Å². The van der Waals surface area contributed by atoms with Crippen LogP contribution < -0.4 is 10.2 Å². The van der Waals surface area contributed by atoms with E-state index in [1.54, 1.807) is 29.3 Å². The molecule has 2 aliphatic rings. The molecular formula is C20H19F4N5. The van der Waals surface area contributed by atoms with E-state index in [-0.39, 0.29) is 23.2 Å². The third-order valence-corrected chi connectivity index (χ3v) is 5.54. The molecule has 152 valence electrons. The molecule has 1 aliphatic heterocycles. The fourth-order valence-corrected chi connectivity index (χ4v) is 3.82. The lowest BCUT2D eigenvalue weighted by Crippen LogP contribution is -2.55. The average molecular weight is 405 g/mol. The zero-order chi connectivity index (χ0) is 20.2. The molecular weight excluding hydrogens is 386 g/mol.